The molecule has 1 N–H and O–H groups in total. The largest absolute Gasteiger partial charge is 0.486 e. The summed E-state index contributed by atoms with van der Waals surface area (Å²) >= 11 is 0. The fraction of sp³-hybridized carbons (Fsp3) is 0.400. The first-order chi connectivity index (χ1) is 13.1. The Morgan fingerprint density at radius 1 is 0.963 bits per heavy atom. The van der Waals surface area contributed by atoms with E-state index in [1.807, 2.05) is 44.2 Å². The second kappa shape index (κ2) is 8.73. The van der Waals surface area contributed by atoms with Gasteiger partial charge in [0.25, 0.3) is 0 Å². The minimum absolute atomic E-state index is 0.331. The van der Waals surface area contributed by atoms with E-state index < -0.39 is 10.0 Å². The number of nitrogens with one attached hydrogen (secondary N) is 1. The number of para-hydroxylation sites is 1. The van der Waals surface area contributed by atoms with Crippen LogP contribution in [-0.4, -0.2) is 39.0 Å². The van der Waals surface area contributed by atoms with Crippen LogP contribution in [0.15, 0.2) is 47.4 Å². The Bertz CT molecular complexity index is 862. The first kappa shape index (κ1) is 19.7. The van der Waals surface area contributed by atoms with Crippen molar-refractivity contribution in [2.24, 2.45) is 0 Å². The van der Waals surface area contributed by atoms with Crippen LogP contribution >= 0.6 is 0 Å². The third-order valence-corrected chi connectivity index (χ3v) is 6.62. The van der Waals surface area contributed by atoms with Crippen molar-refractivity contribution in [1.82, 2.24) is 9.62 Å². The van der Waals surface area contributed by atoms with Gasteiger partial charge in [-0.15, -0.1) is 0 Å². The second-order valence-corrected chi connectivity index (χ2v) is 8.22. The van der Waals surface area contributed by atoms with Gasteiger partial charge in [-0.25, -0.2) is 8.42 Å². The smallest absolute Gasteiger partial charge is 0.243 e. The summed E-state index contributed by atoms with van der Waals surface area (Å²) in [5.74, 6) is 1.59. The highest BCUT2D eigenvalue weighted by atomic mass is 32.2. The average Bonchev–Trinajstić information content (AvgIpc) is 2.69. The molecule has 1 aliphatic heterocycles. The van der Waals surface area contributed by atoms with Crippen LogP contribution in [0.1, 0.15) is 25.0 Å². The van der Waals surface area contributed by atoms with Crippen molar-refractivity contribution in [1.29, 1.82) is 0 Å². The summed E-state index contributed by atoms with van der Waals surface area (Å²) in [6.07, 6.45) is 0. The minimum atomic E-state index is -3.41. The van der Waals surface area contributed by atoms with E-state index in [9.17, 15) is 8.42 Å². The van der Waals surface area contributed by atoms with E-state index in [0.29, 0.717) is 44.3 Å². The minimum Gasteiger partial charge on any atom is -0.486 e. The summed E-state index contributed by atoms with van der Waals surface area (Å²) < 4.78 is 37.8. The van der Waals surface area contributed by atoms with Crippen LogP contribution in [0.25, 0.3) is 0 Å². The van der Waals surface area contributed by atoms with Gasteiger partial charge in [0.15, 0.2) is 11.5 Å². The van der Waals surface area contributed by atoms with Gasteiger partial charge >= 0.3 is 0 Å². The monoisotopic (exact) mass is 390 g/mol. The maximum absolute atomic E-state index is 12.5. The molecule has 0 amide bonds. The highest BCUT2D eigenvalue weighted by molar-refractivity contribution is 7.89. The molecule has 7 heteroatoms. The molecule has 3 rings (SSSR count). The number of nitrogens with zero attached hydrogens (tertiary/aromatic N) is 1. The van der Waals surface area contributed by atoms with Crippen LogP contribution in [-0.2, 0) is 23.1 Å². The van der Waals surface area contributed by atoms with Crippen LogP contribution in [0.5, 0.6) is 11.5 Å². The summed E-state index contributed by atoms with van der Waals surface area (Å²) in [5.41, 5.74) is 2.07. The van der Waals surface area contributed by atoms with Gasteiger partial charge in [0.1, 0.15) is 13.2 Å². The SMILES string of the molecule is CCN(CC)S(=O)(=O)c1ccc(CNCc2cccc3c2OCCO3)cc1. The van der Waals surface area contributed by atoms with Gasteiger partial charge in [-0.2, -0.15) is 4.31 Å². The highest BCUT2D eigenvalue weighted by Gasteiger charge is 2.21. The van der Waals surface area contributed by atoms with Gasteiger partial charge in [-0.3, -0.25) is 0 Å². The molecule has 27 heavy (non-hydrogen) atoms. The fourth-order valence-electron chi connectivity index (χ4n) is 3.11. The van der Waals surface area contributed by atoms with Crippen LogP contribution in [0.3, 0.4) is 0 Å². The molecule has 6 nitrogen and oxygen atoms in total. The lowest BCUT2D eigenvalue weighted by Crippen LogP contribution is -2.30. The molecule has 0 atom stereocenters. The molecule has 146 valence electrons. The Kier molecular flexibility index (Phi) is 6.36. The topological polar surface area (TPSA) is 67.9 Å². The molecular formula is C20H26N2O4S. The molecule has 0 radical (unpaired) electrons. The van der Waals surface area contributed by atoms with Crippen LogP contribution < -0.4 is 14.8 Å². The molecule has 0 bridgehead atoms. The average molecular weight is 391 g/mol. The molecule has 1 heterocycles. The van der Waals surface area contributed by atoms with Gasteiger partial charge in [-0.1, -0.05) is 38.1 Å². The Morgan fingerprint density at radius 3 is 2.37 bits per heavy atom. The molecule has 0 spiro atoms. The number of rotatable bonds is 8. The first-order valence-corrected chi connectivity index (χ1v) is 10.7. The van der Waals surface area contributed by atoms with E-state index >= 15 is 0 Å². The Morgan fingerprint density at radius 2 is 1.67 bits per heavy atom. The predicted octanol–water partition coefficient (Wildman–Crippen LogP) is 2.78. The van der Waals surface area contributed by atoms with Crippen molar-refractivity contribution in [3.8, 4) is 11.5 Å². The van der Waals surface area contributed by atoms with E-state index in [1.165, 1.54) is 4.31 Å². The Labute approximate surface area is 161 Å². The lowest BCUT2D eigenvalue weighted by Gasteiger charge is -2.21. The number of hydrogen-bond donors (Lipinski definition) is 1. The zero-order valence-corrected chi connectivity index (χ0v) is 16.6. The quantitative estimate of drug-likeness (QED) is 0.751. The molecule has 1 aliphatic rings. The van der Waals surface area contributed by atoms with Crippen LogP contribution in [0, 0.1) is 0 Å². The molecule has 0 unspecified atom stereocenters. The predicted molar refractivity (Wildman–Crippen MR) is 105 cm³/mol. The van der Waals surface area contributed by atoms with Gasteiger partial charge < -0.3 is 14.8 Å². The molecular weight excluding hydrogens is 364 g/mol. The molecule has 0 aliphatic carbocycles. The van der Waals surface area contributed by atoms with Gasteiger partial charge in [0.05, 0.1) is 4.90 Å². The van der Waals surface area contributed by atoms with Crippen molar-refractivity contribution in [2.45, 2.75) is 31.8 Å². The number of benzene rings is 2. The van der Waals surface area contributed by atoms with E-state index in [2.05, 4.69) is 5.32 Å². The molecule has 2 aromatic carbocycles. The Balaban J connectivity index is 1.62. The van der Waals surface area contributed by atoms with Gasteiger partial charge in [0.2, 0.25) is 10.0 Å². The summed E-state index contributed by atoms with van der Waals surface area (Å²) in [4.78, 5) is 0.331. The standard InChI is InChI=1S/C20H26N2O4S/c1-3-22(4-2)27(23,24)18-10-8-16(9-11-18)14-21-15-17-6-5-7-19-20(17)26-13-12-25-19/h5-11,21H,3-4,12-15H2,1-2H3. The summed E-state index contributed by atoms with van der Waals surface area (Å²) in [6.45, 7) is 7.04. The first-order valence-electron chi connectivity index (χ1n) is 9.23. The van der Waals surface area contributed by atoms with Crippen molar-refractivity contribution in [3.05, 3.63) is 53.6 Å². The van der Waals surface area contributed by atoms with Crippen LogP contribution in [0.2, 0.25) is 0 Å². The molecule has 0 aromatic heterocycles. The lowest BCUT2D eigenvalue weighted by atomic mass is 10.1. The molecule has 0 fully saturated rings. The van der Waals surface area contributed by atoms with Crippen molar-refractivity contribution >= 4 is 10.0 Å². The van der Waals surface area contributed by atoms with E-state index in [-0.39, 0.29) is 0 Å². The zero-order valence-electron chi connectivity index (χ0n) is 15.8. The fourth-order valence-corrected chi connectivity index (χ4v) is 4.56. The lowest BCUT2D eigenvalue weighted by molar-refractivity contribution is 0.169. The third-order valence-electron chi connectivity index (χ3n) is 4.56. The summed E-state index contributed by atoms with van der Waals surface area (Å²) in [5, 5.41) is 3.38. The maximum atomic E-state index is 12.5. The normalized spacial score (nSPS) is 13.7. The van der Waals surface area contributed by atoms with E-state index in [4.69, 9.17) is 9.47 Å². The van der Waals surface area contributed by atoms with Crippen molar-refractivity contribution in [3.63, 3.8) is 0 Å². The number of sulfonamides is 1. The van der Waals surface area contributed by atoms with E-state index in [1.54, 1.807) is 12.1 Å². The number of hydrogen-bond acceptors (Lipinski definition) is 5. The van der Waals surface area contributed by atoms with Gasteiger partial charge in [0, 0.05) is 31.7 Å². The van der Waals surface area contributed by atoms with E-state index in [0.717, 1.165) is 22.6 Å². The molecule has 0 saturated carbocycles. The second-order valence-electron chi connectivity index (χ2n) is 6.28. The summed E-state index contributed by atoms with van der Waals surface area (Å²) in [6, 6.07) is 12.9. The van der Waals surface area contributed by atoms with Gasteiger partial charge in [-0.05, 0) is 23.8 Å². The number of fused-ring (bicyclic) bond motifs is 1. The van der Waals surface area contributed by atoms with Crippen LogP contribution in [0.4, 0.5) is 0 Å². The summed E-state index contributed by atoms with van der Waals surface area (Å²) in [7, 11) is -3.41. The number of ether oxygens (including phenoxy) is 2. The maximum Gasteiger partial charge on any atom is 0.243 e. The van der Waals surface area contributed by atoms with Crippen molar-refractivity contribution in [2.75, 3.05) is 26.3 Å². The zero-order chi connectivity index (χ0) is 19.3. The molecule has 2 aromatic rings. The van der Waals surface area contributed by atoms with Crippen molar-refractivity contribution < 1.29 is 17.9 Å². The molecule has 0 saturated heterocycles. The third kappa shape index (κ3) is 4.43. The highest BCUT2D eigenvalue weighted by Crippen LogP contribution is 2.33. The Hall–Kier alpha value is -2.09.